The molecule has 0 saturated carbocycles. The maximum Gasteiger partial charge on any atom is 0.288 e. The van der Waals surface area contributed by atoms with Gasteiger partial charge in [0.15, 0.2) is 17.3 Å². The Kier molecular flexibility index (Phi) is 8.06. The first kappa shape index (κ1) is 28.0. The first-order valence-electron chi connectivity index (χ1n) is 15.4. The van der Waals surface area contributed by atoms with Gasteiger partial charge in [0.05, 0.1) is 6.61 Å². The average molecular weight is 583 g/mol. The molecule has 0 spiro atoms. The number of hydrogen-bond acceptors (Lipinski definition) is 7. The van der Waals surface area contributed by atoms with Crippen molar-refractivity contribution in [2.24, 2.45) is 0 Å². The van der Waals surface area contributed by atoms with Gasteiger partial charge >= 0.3 is 0 Å². The number of carbonyl (C=O) groups is 1. The lowest BCUT2D eigenvalue weighted by Crippen LogP contribution is -2.49. The van der Waals surface area contributed by atoms with E-state index in [-0.39, 0.29) is 25.2 Å². The summed E-state index contributed by atoms with van der Waals surface area (Å²) < 4.78 is 23.3. The van der Waals surface area contributed by atoms with Gasteiger partial charge in [0.1, 0.15) is 0 Å². The van der Waals surface area contributed by atoms with Gasteiger partial charge in [-0.15, -0.1) is 0 Å². The van der Waals surface area contributed by atoms with Crippen LogP contribution >= 0.6 is 0 Å². The number of fused-ring (bicyclic) bond motifs is 4. The molecule has 3 aromatic rings. The fourth-order valence-electron chi connectivity index (χ4n) is 6.65. The summed E-state index contributed by atoms with van der Waals surface area (Å²) >= 11 is 0. The second-order valence-electron chi connectivity index (χ2n) is 11.7. The van der Waals surface area contributed by atoms with E-state index >= 15 is 0 Å². The van der Waals surface area contributed by atoms with Crippen LogP contribution in [0, 0.1) is 0 Å². The van der Waals surface area contributed by atoms with Gasteiger partial charge in [-0.05, 0) is 70.9 Å². The Balaban J connectivity index is 1.06. The molecule has 3 heterocycles. The second kappa shape index (κ2) is 12.4. The molecule has 0 radical (unpaired) electrons. The number of hydrogen-bond donors (Lipinski definition) is 1. The minimum atomic E-state index is -0.514. The summed E-state index contributed by atoms with van der Waals surface area (Å²) in [5.74, 6) is 1.89. The smallest absolute Gasteiger partial charge is 0.288 e. The zero-order chi connectivity index (χ0) is 29.2. The number of rotatable bonds is 9. The number of amides is 1. The third kappa shape index (κ3) is 5.87. The summed E-state index contributed by atoms with van der Waals surface area (Å²) in [5.41, 5.74) is 7.65. The molecule has 43 heavy (non-hydrogen) atoms. The van der Waals surface area contributed by atoms with Crippen molar-refractivity contribution in [3.05, 3.63) is 94.8 Å². The Labute approximate surface area is 252 Å². The van der Waals surface area contributed by atoms with Crippen LogP contribution in [-0.2, 0) is 27.2 Å². The number of aliphatic hydroxyl groups is 1. The number of nitrogens with zero attached hydrogens (tertiary/aromatic N) is 2. The fourth-order valence-corrected chi connectivity index (χ4v) is 6.65. The molecule has 1 N–H and O–H groups in total. The fraction of sp³-hybridized carbons (Fsp3) is 0.400. The maximum absolute atomic E-state index is 13.9. The van der Waals surface area contributed by atoms with Crippen LogP contribution in [0.4, 0.5) is 0 Å². The van der Waals surface area contributed by atoms with Gasteiger partial charge in [0.2, 0.25) is 13.1 Å². The van der Waals surface area contributed by atoms with Crippen LogP contribution in [0.1, 0.15) is 47.4 Å². The topological polar surface area (TPSA) is 80.7 Å². The highest BCUT2D eigenvalue weighted by Crippen LogP contribution is 2.43. The van der Waals surface area contributed by atoms with Crippen LogP contribution in [0.2, 0.25) is 0 Å². The molecule has 224 valence electrons. The van der Waals surface area contributed by atoms with Gasteiger partial charge < -0.3 is 29.0 Å². The lowest BCUT2D eigenvalue weighted by Gasteiger charge is -2.37. The molecule has 0 aromatic heterocycles. The van der Waals surface area contributed by atoms with Crippen molar-refractivity contribution >= 4 is 5.91 Å². The Bertz CT molecular complexity index is 1510. The van der Waals surface area contributed by atoms with Crippen LogP contribution in [0.25, 0.3) is 11.1 Å². The number of benzene rings is 3. The van der Waals surface area contributed by atoms with E-state index in [4.69, 9.17) is 18.9 Å². The SMILES string of the molecule is O=C(C1=C[C@@H](c2cccc3c2Cc2ccccc2-3)C[C@@H](OCCCCO)O1)N1CCN(Cc2ccc3c(c2)OCO3)CC1. The molecule has 1 aliphatic carbocycles. The highest BCUT2D eigenvalue weighted by molar-refractivity contribution is 5.92. The van der Waals surface area contributed by atoms with Crippen molar-refractivity contribution < 1.29 is 28.8 Å². The van der Waals surface area contributed by atoms with Crippen molar-refractivity contribution in [2.75, 3.05) is 46.2 Å². The van der Waals surface area contributed by atoms with E-state index in [0.29, 0.717) is 38.3 Å². The van der Waals surface area contributed by atoms with Gasteiger partial charge in [-0.25, -0.2) is 0 Å². The summed E-state index contributed by atoms with van der Waals surface area (Å²) in [4.78, 5) is 18.1. The molecule has 4 aliphatic rings. The third-order valence-corrected chi connectivity index (χ3v) is 8.91. The van der Waals surface area contributed by atoms with E-state index in [9.17, 15) is 9.90 Å². The van der Waals surface area contributed by atoms with E-state index in [1.807, 2.05) is 23.1 Å². The molecular formula is C35H38N2O6. The van der Waals surface area contributed by atoms with Crippen molar-refractivity contribution in [3.63, 3.8) is 0 Å². The molecule has 1 saturated heterocycles. The number of ether oxygens (including phenoxy) is 4. The molecule has 1 fully saturated rings. The van der Waals surface area contributed by atoms with Crippen LogP contribution < -0.4 is 9.47 Å². The minimum Gasteiger partial charge on any atom is -0.459 e. The monoisotopic (exact) mass is 582 g/mol. The molecule has 8 nitrogen and oxygen atoms in total. The van der Waals surface area contributed by atoms with Crippen molar-refractivity contribution in [1.82, 2.24) is 9.80 Å². The summed E-state index contributed by atoms with van der Waals surface area (Å²) in [6.07, 6.45) is 4.47. The van der Waals surface area contributed by atoms with Gasteiger partial charge in [0.25, 0.3) is 5.91 Å². The number of allylic oxidation sites excluding steroid dienone is 1. The Morgan fingerprint density at radius 2 is 1.77 bits per heavy atom. The average Bonchev–Trinajstić information content (AvgIpc) is 3.67. The van der Waals surface area contributed by atoms with Gasteiger partial charge in [-0.3, -0.25) is 9.69 Å². The zero-order valence-corrected chi connectivity index (χ0v) is 24.4. The first-order valence-corrected chi connectivity index (χ1v) is 15.4. The normalized spacial score (nSPS) is 20.8. The molecule has 8 heteroatoms. The van der Waals surface area contributed by atoms with E-state index in [2.05, 4.69) is 53.4 Å². The predicted molar refractivity (Wildman–Crippen MR) is 162 cm³/mol. The molecule has 0 unspecified atom stereocenters. The summed E-state index contributed by atoms with van der Waals surface area (Å²) in [5, 5.41) is 9.20. The van der Waals surface area contributed by atoms with Gasteiger partial charge in [0, 0.05) is 51.7 Å². The Morgan fingerprint density at radius 3 is 2.65 bits per heavy atom. The van der Waals surface area contributed by atoms with Crippen molar-refractivity contribution in [1.29, 1.82) is 0 Å². The molecule has 2 atom stereocenters. The van der Waals surface area contributed by atoms with E-state index in [1.54, 1.807) is 0 Å². The quantitative estimate of drug-likeness (QED) is 0.283. The summed E-state index contributed by atoms with van der Waals surface area (Å²) in [6, 6.07) is 21.2. The zero-order valence-electron chi connectivity index (χ0n) is 24.4. The van der Waals surface area contributed by atoms with Gasteiger partial charge in [-0.1, -0.05) is 48.5 Å². The first-order chi connectivity index (χ1) is 21.2. The van der Waals surface area contributed by atoms with E-state index in [1.165, 1.54) is 33.4 Å². The highest BCUT2D eigenvalue weighted by Gasteiger charge is 2.34. The highest BCUT2D eigenvalue weighted by atomic mass is 16.7. The number of carbonyl (C=O) groups excluding carboxylic acids is 1. The van der Waals surface area contributed by atoms with Gasteiger partial charge in [-0.2, -0.15) is 0 Å². The molecule has 1 amide bonds. The van der Waals surface area contributed by atoms with E-state index < -0.39 is 6.29 Å². The molecular weight excluding hydrogens is 544 g/mol. The standard InChI is InChI=1S/C35H38N2O6/c38-16-3-4-17-40-34-21-26(28-8-5-9-29-27-7-2-1-6-25(27)19-30(28)29)20-33(43-34)35(39)37-14-12-36(13-15-37)22-24-10-11-31-32(18-24)42-23-41-31/h1-2,5-11,18,20,26,34,38H,3-4,12-17,19,21-23H2/t26-,34+/m1/s1. The van der Waals surface area contributed by atoms with Crippen LogP contribution in [0.5, 0.6) is 11.5 Å². The molecule has 3 aliphatic heterocycles. The van der Waals surface area contributed by atoms with Crippen molar-refractivity contribution in [3.8, 4) is 22.6 Å². The molecule has 0 bridgehead atoms. The molecule has 3 aromatic carbocycles. The number of aliphatic hydroxyl groups excluding tert-OH is 1. The minimum absolute atomic E-state index is 0.00657. The lowest BCUT2D eigenvalue weighted by atomic mass is 9.87. The van der Waals surface area contributed by atoms with Crippen LogP contribution in [-0.4, -0.2) is 73.3 Å². The largest absolute Gasteiger partial charge is 0.459 e. The van der Waals surface area contributed by atoms with Crippen molar-refractivity contribution in [2.45, 2.75) is 44.4 Å². The second-order valence-corrected chi connectivity index (χ2v) is 11.7. The number of unbranched alkanes of at least 4 members (excludes halogenated alkanes) is 1. The van der Waals surface area contributed by atoms with Crippen LogP contribution in [0.3, 0.4) is 0 Å². The summed E-state index contributed by atoms with van der Waals surface area (Å²) in [7, 11) is 0. The van der Waals surface area contributed by atoms with Crippen LogP contribution in [0.15, 0.2) is 72.5 Å². The summed E-state index contributed by atoms with van der Waals surface area (Å²) in [6.45, 7) is 4.51. The third-order valence-electron chi connectivity index (χ3n) is 8.91. The Hall–Kier alpha value is -3.85. The predicted octanol–water partition coefficient (Wildman–Crippen LogP) is 4.83. The number of piperazine rings is 1. The maximum atomic E-state index is 13.9. The lowest BCUT2D eigenvalue weighted by molar-refractivity contribution is -0.154. The molecule has 7 rings (SSSR count). The van der Waals surface area contributed by atoms with E-state index in [0.717, 1.165) is 44.0 Å². The Morgan fingerprint density at radius 1 is 0.930 bits per heavy atom.